The fraction of sp³-hybridized carbons (Fsp3) is 0.167. The number of hydrogen-bond acceptors (Lipinski definition) is 2. The zero-order chi connectivity index (χ0) is 9.97. The summed E-state index contributed by atoms with van der Waals surface area (Å²) in [5.74, 6) is 0. The number of hydrogen-bond donors (Lipinski definition) is 0. The highest BCUT2D eigenvalue weighted by molar-refractivity contribution is 5.76. The van der Waals surface area contributed by atoms with Gasteiger partial charge in [-0.25, -0.2) is 0 Å². The van der Waals surface area contributed by atoms with E-state index in [1.165, 1.54) is 6.26 Å². The molecule has 0 aliphatic rings. The highest BCUT2D eigenvalue weighted by atomic mass is 16.3. The van der Waals surface area contributed by atoms with Crippen LogP contribution in [-0.2, 0) is 6.42 Å². The van der Waals surface area contributed by atoms with Crippen molar-refractivity contribution in [1.82, 2.24) is 0 Å². The first kappa shape index (κ1) is 9.00. The predicted molar refractivity (Wildman–Crippen MR) is 56.2 cm³/mol. The van der Waals surface area contributed by atoms with Crippen molar-refractivity contribution in [2.24, 2.45) is 0 Å². The van der Waals surface area contributed by atoms with Crippen LogP contribution in [0.3, 0.4) is 0 Å². The van der Waals surface area contributed by atoms with E-state index in [1.54, 1.807) is 12.1 Å². The van der Waals surface area contributed by atoms with Gasteiger partial charge in [-0.1, -0.05) is 19.1 Å². The summed E-state index contributed by atoms with van der Waals surface area (Å²) in [4.78, 5) is 11.8. The van der Waals surface area contributed by atoms with E-state index in [9.17, 15) is 4.79 Å². The summed E-state index contributed by atoms with van der Waals surface area (Å²) in [6, 6.07) is 7.28. The normalized spacial score (nSPS) is 10.6. The zero-order valence-corrected chi connectivity index (χ0v) is 7.82. The maximum atomic E-state index is 11.8. The van der Waals surface area contributed by atoms with Crippen molar-refractivity contribution >= 4 is 11.0 Å². The summed E-state index contributed by atoms with van der Waals surface area (Å²) in [7, 11) is 0. The highest BCUT2D eigenvalue weighted by Crippen LogP contribution is 2.10. The molecule has 0 saturated heterocycles. The third-order valence-corrected chi connectivity index (χ3v) is 2.20. The number of fused-ring (bicyclic) bond motifs is 1. The van der Waals surface area contributed by atoms with Gasteiger partial charge in [-0.05, 0) is 25.0 Å². The van der Waals surface area contributed by atoms with Crippen molar-refractivity contribution in [2.45, 2.75) is 12.8 Å². The molecule has 0 saturated carbocycles. The van der Waals surface area contributed by atoms with Gasteiger partial charge < -0.3 is 4.42 Å². The average Bonchev–Trinajstić information content (AvgIpc) is 2.23. The van der Waals surface area contributed by atoms with E-state index in [0.29, 0.717) is 29.4 Å². The fourth-order valence-corrected chi connectivity index (χ4v) is 1.48. The van der Waals surface area contributed by atoms with E-state index in [-0.39, 0.29) is 5.43 Å². The van der Waals surface area contributed by atoms with Crippen molar-refractivity contribution in [3.05, 3.63) is 53.2 Å². The van der Waals surface area contributed by atoms with Crippen molar-refractivity contribution in [1.29, 1.82) is 0 Å². The summed E-state index contributed by atoms with van der Waals surface area (Å²) in [6.45, 7) is 3.72. The van der Waals surface area contributed by atoms with Crippen LogP contribution in [0.1, 0.15) is 12.0 Å². The minimum Gasteiger partial charge on any atom is -0.464 e. The summed E-state index contributed by atoms with van der Waals surface area (Å²) in [6.07, 6.45) is 2.92. The Hall–Kier alpha value is -1.57. The summed E-state index contributed by atoms with van der Waals surface area (Å²) < 4.78 is 5.35. The molecule has 0 fully saturated rings. The lowest BCUT2D eigenvalue weighted by molar-refractivity contribution is 0.592. The Morgan fingerprint density at radius 3 is 2.86 bits per heavy atom. The molecular formula is C12H11O2. The van der Waals surface area contributed by atoms with Gasteiger partial charge in [0.2, 0.25) is 0 Å². The lowest BCUT2D eigenvalue weighted by Gasteiger charge is -1.99. The largest absolute Gasteiger partial charge is 0.464 e. The van der Waals surface area contributed by atoms with Crippen molar-refractivity contribution in [3.63, 3.8) is 0 Å². The van der Waals surface area contributed by atoms with Crippen molar-refractivity contribution in [3.8, 4) is 0 Å². The van der Waals surface area contributed by atoms with E-state index in [4.69, 9.17) is 4.42 Å². The topological polar surface area (TPSA) is 30.2 Å². The van der Waals surface area contributed by atoms with Crippen LogP contribution in [-0.4, -0.2) is 0 Å². The van der Waals surface area contributed by atoms with Crippen LogP contribution in [0.4, 0.5) is 0 Å². The molecule has 1 aromatic carbocycles. The van der Waals surface area contributed by atoms with Gasteiger partial charge in [0.1, 0.15) is 5.58 Å². The van der Waals surface area contributed by atoms with Crippen LogP contribution in [0, 0.1) is 6.92 Å². The third-order valence-electron chi connectivity index (χ3n) is 2.20. The second-order valence-corrected chi connectivity index (χ2v) is 3.19. The van der Waals surface area contributed by atoms with Crippen LogP contribution in [0.15, 0.2) is 39.7 Å². The van der Waals surface area contributed by atoms with Crippen LogP contribution in [0.2, 0.25) is 0 Å². The molecule has 0 spiro atoms. The SMILES string of the molecule is [CH2]CCc1coc2ccccc2c1=O. The molecule has 1 radical (unpaired) electrons. The van der Waals surface area contributed by atoms with Crippen LogP contribution < -0.4 is 5.43 Å². The van der Waals surface area contributed by atoms with Crippen molar-refractivity contribution in [2.75, 3.05) is 0 Å². The van der Waals surface area contributed by atoms with E-state index >= 15 is 0 Å². The monoisotopic (exact) mass is 187 g/mol. The Morgan fingerprint density at radius 2 is 2.07 bits per heavy atom. The fourth-order valence-electron chi connectivity index (χ4n) is 1.48. The minimum absolute atomic E-state index is 0.0653. The Bertz CT molecular complexity index is 497. The molecule has 0 N–H and O–H groups in total. The van der Waals surface area contributed by atoms with Crippen LogP contribution in [0.25, 0.3) is 11.0 Å². The molecule has 0 bridgehead atoms. The summed E-state index contributed by atoms with van der Waals surface area (Å²) >= 11 is 0. The molecular weight excluding hydrogens is 176 g/mol. The molecule has 0 atom stereocenters. The first-order valence-corrected chi connectivity index (χ1v) is 4.61. The first-order chi connectivity index (χ1) is 6.83. The molecule has 2 nitrogen and oxygen atoms in total. The maximum absolute atomic E-state index is 11.8. The molecule has 0 unspecified atom stereocenters. The van der Waals surface area contributed by atoms with E-state index in [0.717, 1.165) is 0 Å². The number of para-hydroxylation sites is 1. The highest BCUT2D eigenvalue weighted by Gasteiger charge is 2.04. The third kappa shape index (κ3) is 1.43. The lowest BCUT2D eigenvalue weighted by Crippen LogP contribution is -2.07. The van der Waals surface area contributed by atoms with Gasteiger partial charge in [-0.2, -0.15) is 0 Å². The summed E-state index contributed by atoms with van der Waals surface area (Å²) in [5.41, 5.74) is 1.42. The zero-order valence-electron chi connectivity index (χ0n) is 7.82. The quantitative estimate of drug-likeness (QED) is 0.723. The second kappa shape index (κ2) is 3.66. The standard InChI is InChI=1S/C12H11O2/c1-2-5-9-8-14-11-7-4-3-6-10(11)12(9)13/h3-4,6-8H,1-2,5H2. The molecule has 71 valence electrons. The Labute approximate surface area is 82.2 Å². The molecule has 2 rings (SSSR count). The number of rotatable bonds is 2. The van der Waals surface area contributed by atoms with Gasteiger partial charge >= 0.3 is 0 Å². The average molecular weight is 187 g/mol. The predicted octanol–water partition coefficient (Wildman–Crippen LogP) is 2.56. The molecule has 0 aliphatic heterocycles. The Balaban J connectivity index is 2.69. The minimum atomic E-state index is 0.0653. The smallest absolute Gasteiger partial charge is 0.195 e. The molecule has 1 heterocycles. The van der Waals surface area contributed by atoms with Gasteiger partial charge in [0.05, 0.1) is 11.6 Å². The van der Waals surface area contributed by atoms with E-state index in [1.807, 2.05) is 12.1 Å². The molecule has 0 amide bonds. The van der Waals surface area contributed by atoms with Gasteiger partial charge in [0, 0.05) is 5.56 Å². The Morgan fingerprint density at radius 1 is 1.29 bits per heavy atom. The Kier molecular flexibility index (Phi) is 2.35. The molecule has 0 aliphatic carbocycles. The van der Waals surface area contributed by atoms with Crippen molar-refractivity contribution < 1.29 is 4.42 Å². The van der Waals surface area contributed by atoms with E-state index < -0.39 is 0 Å². The number of aryl methyl sites for hydroxylation is 1. The molecule has 2 heteroatoms. The van der Waals surface area contributed by atoms with Crippen LogP contribution in [0.5, 0.6) is 0 Å². The molecule has 2 aromatic rings. The van der Waals surface area contributed by atoms with Gasteiger partial charge in [0.15, 0.2) is 5.43 Å². The summed E-state index contributed by atoms with van der Waals surface area (Å²) in [5, 5.41) is 0.651. The van der Waals surface area contributed by atoms with Gasteiger partial charge in [0.25, 0.3) is 0 Å². The maximum Gasteiger partial charge on any atom is 0.195 e. The number of benzene rings is 1. The van der Waals surface area contributed by atoms with Gasteiger partial charge in [-0.3, -0.25) is 4.79 Å². The lowest BCUT2D eigenvalue weighted by atomic mass is 10.1. The molecule has 14 heavy (non-hydrogen) atoms. The molecule has 1 aromatic heterocycles. The second-order valence-electron chi connectivity index (χ2n) is 3.19. The van der Waals surface area contributed by atoms with Gasteiger partial charge in [-0.15, -0.1) is 0 Å². The van der Waals surface area contributed by atoms with E-state index in [2.05, 4.69) is 6.92 Å². The van der Waals surface area contributed by atoms with Crippen LogP contribution >= 0.6 is 0 Å². The first-order valence-electron chi connectivity index (χ1n) is 4.61.